The highest BCUT2D eigenvalue weighted by atomic mass is 32.2. The van der Waals surface area contributed by atoms with E-state index in [0.29, 0.717) is 11.2 Å². The summed E-state index contributed by atoms with van der Waals surface area (Å²) in [6, 6.07) is 8.16. The molecule has 0 spiro atoms. The van der Waals surface area contributed by atoms with E-state index in [1.54, 1.807) is 12.0 Å². The number of methoxy groups -OCH3 is 1. The van der Waals surface area contributed by atoms with Crippen LogP contribution in [0, 0.1) is 0 Å². The van der Waals surface area contributed by atoms with Crippen LogP contribution in [0.2, 0.25) is 0 Å². The summed E-state index contributed by atoms with van der Waals surface area (Å²) in [5.74, 6) is 0.861. The Morgan fingerprint density at radius 2 is 2.00 bits per heavy atom. The second-order valence-electron chi connectivity index (χ2n) is 6.30. The van der Waals surface area contributed by atoms with Crippen molar-refractivity contribution in [3.8, 4) is 5.75 Å². The van der Waals surface area contributed by atoms with Crippen molar-refractivity contribution in [1.29, 1.82) is 0 Å². The summed E-state index contributed by atoms with van der Waals surface area (Å²) in [5, 5.41) is 12.3. The predicted molar refractivity (Wildman–Crippen MR) is 95.6 cm³/mol. The first-order valence-electron chi connectivity index (χ1n) is 8.36. The van der Waals surface area contributed by atoms with Crippen LogP contribution in [-0.4, -0.2) is 50.4 Å². The summed E-state index contributed by atoms with van der Waals surface area (Å²) < 4.78 is 7.02. The molecule has 0 bridgehead atoms. The van der Waals surface area contributed by atoms with Gasteiger partial charge in [0.05, 0.1) is 24.4 Å². The molecule has 1 heterocycles. The summed E-state index contributed by atoms with van der Waals surface area (Å²) in [6.07, 6.45) is 2.21. The Morgan fingerprint density at radius 3 is 2.60 bits per heavy atom. The standard InChI is InChI=1S/C17H23N5O2S/c1-11(13-5-9-15(24-4)10-6-13)21(3)16(23)12(2)25-17-18-19-20-22(17)14-7-8-14/h5-6,9-12,14H,7-8H2,1-4H3. The Labute approximate surface area is 151 Å². The molecule has 0 saturated heterocycles. The minimum atomic E-state index is -0.255. The van der Waals surface area contributed by atoms with Crippen LogP contribution >= 0.6 is 11.8 Å². The van der Waals surface area contributed by atoms with E-state index in [4.69, 9.17) is 4.74 Å². The molecule has 134 valence electrons. The van der Waals surface area contributed by atoms with Gasteiger partial charge in [-0.25, -0.2) is 4.68 Å². The maximum atomic E-state index is 12.8. The molecule has 7 nitrogen and oxygen atoms in total. The van der Waals surface area contributed by atoms with Gasteiger partial charge in [-0.2, -0.15) is 0 Å². The van der Waals surface area contributed by atoms with Crippen molar-refractivity contribution in [2.24, 2.45) is 0 Å². The van der Waals surface area contributed by atoms with E-state index in [9.17, 15) is 4.79 Å². The van der Waals surface area contributed by atoms with Gasteiger partial charge < -0.3 is 9.64 Å². The fourth-order valence-corrected chi connectivity index (χ4v) is 3.56. The third-order valence-corrected chi connectivity index (χ3v) is 5.55. The number of amides is 1. The molecule has 2 atom stereocenters. The lowest BCUT2D eigenvalue weighted by atomic mass is 10.1. The van der Waals surface area contributed by atoms with E-state index >= 15 is 0 Å². The van der Waals surface area contributed by atoms with Gasteiger partial charge in [-0.1, -0.05) is 23.9 Å². The Balaban J connectivity index is 1.64. The number of aromatic nitrogens is 4. The van der Waals surface area contributed by atoms with Gasteiger partial charge in [-0.3, -0.25) is 4.79 Å². The average molecular weight is 361 g/mol. The van der Waals surface area contributed by atoms with Crippen molar-refractivity contribution in [1.82, 2.24) is 25.1 Å². The molecule has 1 aromatic carbocycles. The molecule has 25 heavy (non-hydrogen) atoms. The van der Waals surface area contributed by atoms with Gasteiger partial charge in [-0.15, -0.1) is 5.10 Å². The maximum Gasteiger partial charge on any atom is 0.236 e. The summed E-state index contributed by atoms with van der Waals surface area (Å²) >= 11 is 1.42. The lowest BCUT2D eigenvalue weighted by Crippen LogP contribution is -2.35. The summed E-state index contributed by atoms with van der Waals surface area (Å²) in [5.41, 5.74) is 1.07. The van der Waals surface area contributed by atoms with Crippen molar-refractivity contribution in [2.45, 2.75) is 49.2 Å². The van der Waals surface area contributed by atoms with Gasteiger partial charge in [0, 0.05) is 7.05 Å². The molecular formula is C17H23N5O2S. The molecule has 3 rings (SSSR count). The fourth-order valence-electron chi connectivity index (χ4n) is 2.60. The summed E-state index contributed by atoms with van der Waals surface area (Å²) in [4.78, 5) is 14.6. The van der Waals surface area contributed by atoms with Crippen LogP contribution in [0.4, 0.5) is 0 Å². The number of thioether (sulfide) groups is 1. The van der Waals surface area contributed by atoms with Crippen molar-refractivity contribution in [2.75, 3.05) is 14.2 Å². The van der Waals surface area contributed by atoms with Crippen LogP contribution < -0.4 is 4.74 Å². The molecule has 1 amide bonds. The second-order valence-corrected chi connectivity index (χ2v) is 7.60. The van der Waals surface area contributed by atoms with Gasteiger partial charge in [0.2, 0.25) is 11.1 Å². The monoisotopic (exact) mass is 361 g/mol. The lowest BCUT2D eigenvalue weighted by molar-refractivity contribution is -0.130. The molecule has 8 heteroatoms. The Bertz CT molecular complexity index is 729. The molecule has 1 aliphatic rings. The van der Waals surface area contributed by atoms with Crippen LogP contribution in [-0.2, 0) is 4.79 Å². The normalized spacial score (nSPS) is 16.3. The molecule has 2 unspecified atom stereocenters. The Hall–Kier alpha value is -2.09. The maximum absolute atomic E-state index is 12.8. The second kappa shape index (κ2) is 7.43. The van der Waals surface area contributed by atoms with Crippen LogP contribution in [0.3, 0.4) is 0 Å². The van der Waals surface area contributed by atoms with Gasteiger partial charge in [0.15, 0.2) is 0 Å². The van der Waals surface area contributed by atoms with Crippen LogP contribution in [0.5, 0.6) is 5.75 Å². The number of rotatable bonds is 7. The number of hydrogen-bond acceptors (Lipinski definition) is 6. The third-order valence-electron chi connectivity index (χ3n) is 4.51. The van der Waals surface area contributed by atoms with E-state index in [1.807, 2.05) is 49.8 Å². The average Bonchev–Trinajstić information content (AvgIpc) is 3.39. The first kappa shape index (κ1) is 17.7. The zero-order chi connectivity index (χ0) is 18.0. The van der Waals surface area contributed by atoms with Gasteiger partial charge in [0.25, 0.3) is 0 Å². The van der Waals surface area contributed by atoms with Crippen LogP contribution in [0.25, 0.3) is 0 Å². The molecule has 1 saturated carbocycles. The first-order valence-corrected chi connectivity index (χ1v) is 9.24. The van der Waals surface area contributed by atoms with Gasteiger partial charge in [-0.05, 0) is 54.8 Å². The number of hydrogen-bond donors (Lipinski definition) is 0. The molecule has 1 aliphatic carbocycles. The topological polar surface area (TPSA) is 73.1 Å². The largest absolute Gasteiger partial charge is 0.497 e. The first-order chi connectivity index (χ1) is 12.0. The quantitative estimate of drug-likeness (QED) is 0.706. The van der Waals surface area contributed by atoms with E-state index in [0.717, 1.165) is 24.2 Å². The summed E-state index contributed by atoms with van der Waals surface area (Å²) in [7, 11) is 3.47. The number of benzene rings is 1. The number of nitrogens with zero attached hydrogens (tertiary/aromatic N) is 5. The number of ether oxygens (including phenoxy) is 1. The van der Waals surface area contributed by atoms with Gasteiger partial charge >= 0.3 is 0 Å². The zero-order valence-corrected chi connectivity index (χ0v) is 15.7. The van der Waals surface area contributed by atoms with Crippen molar-refractivity contribution < 1.29 is 9.53 Å². The molecule has 0 aliphatic heterocycles. The zero-order valence-electron chi connectivity index (χ0n) is 14.9. The molecule has 0 N–H and O–H groups in total. The van der Waals surface area contributed by atoms with Crippen molar-refractivity contribution >= 4 is 17.7 Å². The van der Waals surface area contributed by atoms with E-state index in [2.05, 4.69) is 15.5 Å². The third kappa shape index (κ3) is 3.95. The minimum Gasteiger partial charge on any atom is -0.497 e. The molecule has 1 fully saturated rings. The molecule has 0 radical (unpaired) electrons. The lowest BCUT2D eigenvalue weighted by Gasteiger charge is -2.27. The molecular weight excluding hydrogens is 338 g/mol. The highest BCUT2D eigenvalue weighted by Gasteiger charge is 2.30. The van der Waals surface area contributed by atoms with E-state index in [-0.39, 0.29) is 17.2 Å². The highest BCUT2D eigenvalue weighted by Crippen LogP contribution is 2.37. The Morgan fingerprint density at radius 1 is 1.32 bits per heavy atom. The van der Waals surface area contributed by atoms with E-state index in [1.165, 1.54) is 11.8 Å². The number of carbonyl (C=O) groups excluding carboxylic acids is 1. The smallest absolute Gasteiger partial charge is 0.236 e. The van der Waals surface area contributed by atoms with Crippen LogP contribution in [0.15, 0.2) is 29.4 Å². The Kier molecular flexibility index (Phi) is 5.27. The molecule has 2 aromatic rings. The van der Waals surface area contributed by atoms with Crippen molar-refractivity contribution in [3.05, 3.63) is 29.8 Å². The highest BCUT2D eigenvalue weighted by molar-refractivity contribution is 8.00. The van der Waals surface area contributed by atoms with Crippen LogP contribution in [0.1, 0.15) is 44.3 Å². The van der Waals surface area contributed by atoms with Crippen molar-refractivity contribution in [3.63, 3.8) is 0 Å². The SMILES string of the molecule is COc1ccc(C(C)N(C)C(=O)C(C)Sc2nnnn2C2CC2)cc1. The fraction of sp³-hybridized carbons (Fsp3) is 0.529. The predicted octanol–water partition coefficient (Wildman–Crippen LogP) is 2.72. The van der Waals surface area contributed by atoms with Gasteiger partial charge in [0.1, 0.15) is 5.75 Å². The minimum absolute atomic E-state index is 0.0270. The summed E-state index contributed by atoms with van der Waals surface area (Å²) in [6.45, 7) is 3.92. The number of carbonyl (C=O) groups is 1. The van der Waals surface area contributed by atoms with E-state index < -0.39 is 0 Å². The molecule has 1 aromatic heterocycles. The number of tetrazole rings is 1.